The Kier molecular flexibility index (Phi) is 4.03. The van der Waals surface area contributed by atoms with E-state index in [-0.39, 0.29) is 4.75 Å². The van der Waals surface area contributed by atoms with Crippen LogP contribution in [0.2, 0.25) is 5.02 Å². The van der Waals surface area contributed by atoms with Crippen LogP contribution in [0, 0.1) is 11.3 Å². The number of benzene rings is 1. The highest BCUT2D eigenvalue weighted by Gasteiger charge is 2.19. The first-order chi connectivity index (χ1) is 8.90. The molecule has 2 nitrogen and oxygen atoms in total. The lowest BCUT2D eigenvalue weighted by Gasteiger charge is -2.19. The van der Waals surface area contributed by atoms with Crippen LogP contribution in [0.3, 0.4) is 0 Å². The first-order valence-corrected chi connectivity index (χ1v) is 7.26. The third-order valence-corrected chi connectivity index (χ3v) is 4.24. The maximum absolute atomic E-state index is 8.84. The second-order valence-corrected chi connectivity index (χ2v) is 7.54. The average molecular weight is 291 g/mol. The molecule has 1 aliphatic rings. The summed E-state index contributed by atoms with van der Waals surface area (Å²) >= 11 is 8.22. The van der Waals surface area contributed by atoms with Crippen molar-refractivity contribution >= 4 is 29.1 Å². The maximum atomic E-state index is 8.84. The maximum Gasteiger partial charge on any atom is 0.137 e. The molecule has 0 N–H and O–H groups in total. The normalized spacial score (nSPS) is 14.9. The van der Waals surface area contributed by atoms with E-state index in [9.17, 15) is 0 Å². The largest absolute Gasteiger partial charge is 0.241 e. The highest BCUT2D eigenvalue weighted by molar-refractivity contribution is 8.00. The molecule has 0 saturated heterocycles. The van der Waals surface area contributed by atoms with Crippen molar-refractivity contribution in [2.24, 2.45) is 4.99 Å². The van der Waals surface area contributed by atoms with Crippen molar-refractivity contribution in [2.75, 3.05) is 0 Å². The number of nitrogens with zero attached hydrogens (tertiary/aromatic N) is 2. The first kappa shape index (κ1) is 14.2. The SMILES string of the molecule is CC(C)(C)Sc1cccc(C2=NC(C#N)=CC2)c1Cl. The summed E-state index contributed by atoms with van der Waals surface area (Å²) in [5.74, 6) is 0. The van der Waals surface area contributed by atoms with Crippen LogP contribution in [-0.4, -0.2) is 10.5 Å². The van der Waals surface area contributed by atoms with E-state index in [4.69, 9.17) is 16.9 Å². The average Bonchev–Trinajstić information content (AvgIpc) is 2.78. The van der Waals surface area contributed by atoms with E-state index in [1.54, 1.807) is 11.8 Å². The van der Waals surface area contributed by atoms with E-state index in [1.165, 1.54) is 0 Å². The minimum Gasteiger partial charge on any atom is -0.241 e. The molecule has 0 fully saturated rings. The van der Waals surface area contributed by atoms with Crippen LogP contribution in [0.4, 0.5) is 0 Å². The summed E-state index contributed by atoms with van der Waals surface area (Å²) in [5.41, 5.74) is 2.27. The van der Waals surface area contributed by atoms with Crippen molar-refractivity contribution in [1.82, 2.24) is 0 Å². The van der Waals surface area contributed by atoms with Gasteiger partial charge in [-0.3, -0.25) is 0 Å². The standard InChI is InChI=1S/C15H15ClN2S/c1-15(2,3)19-13-6-4-5-11(14(13)16)12-8-7-10(9-17)18-12/h4-7H,8H2,1-3H3. The van der Waals surface area contributed by atoms with E-state index in [2.05, 4.69) is 31.8 Å². The fourth-order valence-electron chi connectivity index (χ4n) is 1.81. The van der Waals surface area contributed by atoms with Gasteiger partial charge in [-0.25, -0.2) is 4.99 Å². The number of aliphatic imine (C=N–C) groups is 1. The molecule has 0 bridgehead atoms. The number of rotatable bonds is 2. The van der Waals surface area contributed by atoms with Gasteiger partial charge in [0.2, 0.25) is 0 Å². The van der Waals surface area contributed by atoms with Crippen LogP contribution in [0.1, 0.15) is 32.8 Å². The van der Waals surface area contributed by atoms with Crippen molar-refractivity contribution in [3.8, 4) is 6.07 Å². The predicted molar refractivity (Wildman–Crippen MR) is 81.9 cm³/mol. The van der Waals surface area contributed by atoms with E-state index >= 15 is 0 Å². The number of hydrogen-bond donors (Lipinski definition) is 0. The van der Waals surface area contributed by atoms with E-state index in [1.807, 2.05) is 24.3 Å². The molecule has 4 heteroatoms. The van der Waals surface area contributed by atoms with E-state index in [0.717, 1.165) is 21.2 Å². The first-order valence-electron chi connectivity index (χ1n) is 6.06. The van der Waals surface area contributed by atoms with Gasteiger partial charge in [-0.1, -0.05) is 44.5 Å². The number of hydrogen-bond acceptors (Lipinski definition) is 3. The van der Waals surface area contributed by atoms with Crippen molar-refractivity contribution in [3.05, 3.63) is 40.6 Å². The van der Waals surface area contributed by atoms with E-state index in [0.29, 0.717) is 12.1 Å². The third kappa shape index (κ3) is 3.40. The Bertz CT molecular complexity index is 604. The molecular formula is C15H15ClN2S. The second-order valence-electron chi connectivity index (χ2n) is 5.30. The molecule has 0 radical (unpaired) electrons. The van der Waals surface area contributed by atoms with Crippen LogP contribution in [0.15, 0.2) is 39.9 Å². The summed E-state index contributed by atoms with van der Waals surface area (Å²) in [7, 11) is 0. The van der Waals surface area contributed by atoms with Gasteiger partial charge in [0.1, 0.15) is 11.8 Å². The Morgan fingerprint density at radius 3 is 2.68 bits per heavy atom. The summed E-state index contributed by atoms with van der Waals surface area (Å²) in [5, 5.41) is 9.58. The molecule has 0 spiro atoms. The molecule has 0 aromatic heterocycles. The van der Waals surface area contributed by atoms with Crippen LogP contribution in [-0.2, 0) is 0 Å². The molecule has 1 aromatic rings. The van der Waals surface area contributed by atoms with Crippen LogP contribution < -0.4 is 0 Å². The number of halogens is 1. The van der Waals surface area contributed by atoms with Gasteiger partial charge in [0.25, 0.3) is 0 Å². The molecule has 0 unspecified atom stereocenters. The summed E-state index contributed by atoms with van der Waals surface area (Å²) in [4.78, 5) is 5.35. The fourth-order valence-corrected chi connectivity index (χ4v) is 3.17. The van der Waals surface area contributed by atoms with Crippen LogP contribution >= 0.6 is 23.4 Å². The van der Waals surface area contributed by atoms with Gasteiger partial charge >= 0.3 is 0 Å². The number of thioether (sulfide) groups is 1. The Morgan fingerprint density at radius 2 is 2.11 bits per heavy atom. The lowest BCUT2D eigenvalue weighted by atomic mass is 10.1. The number of allylic oxidation sites excluding steroid dienone is 2. The van der Waals surface area contributed by atoms with Crippen molar-refractivity contribution in [3.63, 3.8) is 0 Å². The van der Waals surface area contributed by atoms with Crippen molar-refractivity contribution in [2.45, 2.75) is 36.8 Å². The molecule has 0 atom stereocenters. The molecule has 1 heterocycles. The minimum absolute atomic E-state index is 0.107. The zero-order valence-electron chi connectivity index (χ0n) is 11.2. The lowest BCUT2D eigenvalue weighted by molar-refractivity contribution is 0.803. The van der Waals surface area contributed by atoms with Crippen molar-refractivity contribution in [1.29, 1.82) is 5.26 Å². The monoisotopic (exact) mass is 290 g/mol. The molecule has 98 valence electrons. The van der Waals surface area contributed by atoms with Crippen LogP contribution in [0.5, 0.6) is 0 Å². The molecule has 1 aromatic carbocycles. The highest BCUT2D eigenvalue weighted by Crippen LogP contribution is 2.38. The summed E-state index contributed by atoms with van der Waals surface area (Å²) < 4.78 is 0.107. The fraction of sp³-hybridized carbons (Fsp3) is 0.333. The summed E-state index contributed by atoms with van der Waals surface area (Å²) in [6.07, 6.45) is 2.50. The molecule has 0 amide bonds. The molecule has 2 rings (SSSR count). The van der Waals surface area contributed by atoms with Crippen LogP contribution in [0.25, 0.3) is 0 Å². The molecule has 0 aliphatic carbocycles. The van der Waals surface area contributed by atoms with Gasteiger partial charge in [0, 0.05) is 21.6 Å². The van der Waals surface area contributed by atoms with Gasteiger partial charge in [-0.05, 0) is 12.1 Å². The second kappa shape index (κ2) is 5.40. The molecule has 19 heavy (non-hydrogen) atoms. The zero-order chi connectivity index (χ0) is 14.0. The smallest absolute Gasteiger partial charge is 0.137 e. The van der Waals surface area contributed by atoms with Gasteiger partial charge in [0.15, 0.2) is 0 Å². The van der Waals surface area contributed by atoms with Gasteiger partial charge in [-0.15, -0.1) is 11.8 Å². The Morgan fingerprint density at radius 1 is 1.37 bits per heavy atom. The highest BCUT2D eigenvalue weighted by atomic mass is 35.5. The summed E-state index contributed by atoms with van der Waals surface area (Å²) in [6, 6.07) is 8.03. The third-order valence-electron chi connectivity index (χ3n) is 2.55. The Labute approximate surface area is 123 Å². The molecule has 1 aliphatic heterocycles. The topological polar surface area (TPSA) is 36.1 Å². The lowest BCUT2D eigenvalue weighted by Crippen LogP contribution is -2.07. The van der Waals surface area contributed by atoms with Crippen molar-refractivity contribution < 1.29 is 0 Å². The zero-order valence-corrected chi connectivity index (χ0v) is 12.8. The summed E-state index contributed by atoms with van der Waals surface area (Å²) in [6.45, 7) is 6.47. The number of nitriles is 1. The van der Waals surface area contributed by atoms with Gasteiger partial charge in [0.05, 0.1) is 10.7 Å². The predicted octanol–water partition coefficient (Wildman–Crippen LogP) is 4.83. The minimum atomic E-state index is 0.107. The molecule has 0 saturated carbocycles. The van der Waals surface area contributed by atoms with E-state index < -0.39 is 0 Å². The molecular weight excluding hydrogens is 276 g/mol. The quantitative estimate of drug-likeness (QED) is 0.731. The Balaban J connectivity index is 2.35. The van der Waals surface area contributed by atoms with Gasteiger partial charge in [-0.2, -0.15) is 5.26 Å². The van der Waals surface area contributed by atoms with Gasteiger partial charge < -0.3 is 0 Å². The Hall–Kier alpha value is -1.24.